The van der Waals surface area contributed by atoms with Crippen molar-refractivity contribution in [2.45, 2.75) is 97.6 Å². The minimum Gasteiger partial charge on any atom is -0.410 e. The summed E-state index contributed by atoms with van der Waals surface area (Å²) >= 11 is 8.55. The van der Waals surface area contributed by atoms with Gasteiger partial charge in [-0.15, -0.1) is 0 Å². The minimum atomic E-state index is -2.00. The monoisotopic (exact) mass is 599 g/mol. The second-order valence-corrected chi connectivity index (χ2v) is 18.4. The summed E-state index contributed by atoms with van der Waals surface area (Å²) in [7, 11) is -2.00. The number of hydrogen-bond donors (Lipinski definition) is 1. The predicted octanol–water partition coefficient (Wildman–Crippen LogP) is 8.58. The zero-order valence-corrected chi connectivity index (χ0v) is 25.4. The molecule has 1 aromatic carbocycles. The Morgan fingerprint density at radius 3 is 2.27 bits per heavy atom. The van der Waals surface area contributed by atoms with Gasteiger partial charge in [0.2, 0.25) is 0 Å². The van der Waals surface area contributed by atoms with Gasteiger partial charge in [0.15, 0.2) is 8.32 Å². The summed E-state index contributed by atoms with van der Waals surface area (Å²) in [6, 6.07) is 7.47. The Balaban J connectivity index is 2.21. The highest BCUT2D eigenvalue weighted by Gasteiger charge is 2.44. The second kappa shape index (κ2) is 9.53. The molecule has 0 saturated carbocycles. The Kier molecular flexibility index (Phi) is 7.83. The van der Waals surface area contributed by atoms with Crippen molar-refractivity contribution in [2.75, 3.05) is 0 Å². The highest BCUT2D eigenvalue weighted by Crippen LogP contribution is 2.50. The summed E-state index contributed by atoms with van der Waals surface area (Å²) in [5, 5.41) is 12.3. The van der Waals surface area contributed by atoms with Crippen molar-refractivity contribution in [1.82, 2.24) is 4.98 Å². The maximum Gasteiger partial charge on any atom is 0.192 e. The Labute approximate surface area is 220 Å². The average Bonchev–Trinajstić information content (AvgIpc) is 2.65. The van der Waals surface area contributed by atoms with Crippen LogP contribution in [0.2, 0.25) is 23.2 Å². The molecule has 1 N–H and O–H groups in total. The molecule has 2 aromatic rings. The van der Waals surface area contributed by atoms with Crippen LogP contribution in [0.3, 0.4) is 0 Å². The molecule has 6 heteroatoms. The van der Waals surface area contributed by atoms with Crippen molar-refractivity contribution in [3.63, 3.8) is 0 Å². The largest absolute Gasteiger partial charge is 0.410 e. The smallest absolute Gasteiger partial charge is 0.192 e. The molecule has 1 unspecified atom stereocenters. The molecule has 2 atom stereocenters. The van der Waals surface area contributed by atoms with E-state index in [0.29, 0.717) is 5.02 Å². The first-order valence-electron chi connectivity index (χ1n) is 11.9. The highest BCUT2D eigenvalue weighted by molar-refractivity contribution is 14.1. The van der Waals surface area contributed by atoms with Crippen molar-refractivity contribution in [2.24, 2.45) is 5.41 Å². The molecule has 3 nitrogen and oxygen atoms in total. The highest BCUT2D eigenvalue weighted by atomic mass is 127. The van der Waals surface area contributed by atoms with E-state index in [9.17, 15) is 5.11 Å². The lowest BCUT2D eigenvalue weighted by Gasteiger charge is -2.44. The van der Waals surface area contributed by atoms with Gasteiger partial charge in [-0.05, 0) is 82.6 Å². The minimum absolute atomic E-state index is 0.0126. The molecule has 1 heterocycles. The van der Waals surface area contributed by atoms with Crippen LogP contribution in [0.15, 0.2) is 24.3 Å². The number of rotatable bonds is 5. The molecule has 0 saturated heterocycles. The van der Waals surface area contributed by atoms with Gasteiger partial charge in [0.25, 0.3) is 0 Å². The second-order valence-electron chi connectivity index (χ2n) is 12.1. The number of nitrogens with zero attached hydrogens (tertiary/aromatic N) is 1. The van der Waals surface area contributed by atoms with E-state index < -0.39 is 14.4 Å². The molecular weight excluding hydrogens is 561 g/mol. The maximum absolute atomic E-state index is 11.5. The number of pyridine rings is 1. The van der Waals surface area contributed by atoms with Crippen molar-refractivity contribution in [1.29, 1.82) is 0 Å². The molecule has 1 aliphatic rings. The fourth-order valence-corrected chi connectivity index (χ4v) is 7.01. The van der Waals surface area contributed by atoms with E-state index in [1.165, 1.54) is 5.56 Å². The van der Waals surface area contributed by atoms with E-state index in [1.54, 1.807) is 0 Å². The summed E-state index contributed by atoms with van der Waals surface area (Å²) in [5.41, 5.74) is 5.15. The molecule has 1 aliphatic carbocycles. The zero-order chi connectivity index (χ0) is 24.9. The third-order valence-electron chi connectivity index (χ3n) is 7.27. The number of halogens is 2. The summed E-state index contributed by atoms with van der Waals surface area (Å²) in [5.74, 6) is 0.200. The van der Waals surface area contributed by atoms with Gasteiger partial charge >= 0.3 is 0 Å². The SMILES string of the molecule is CC(C)c1nc2c(c(I)c1[C@@H](O)c1ccc(Cl)cc1)C(O[Si](C)(C)C(C)(C)C)CC(C)(C)C2. The predicted molar refractivity (Wildman–Crippen MR) is 150 cm³/mol. The molecular formula is C27H39ClINO2Si. The van der Waals surface area contributed by atoms with E-state index in [-0.39, 0.29) is 22.5 Å². The molecule has 0 fully saturated rings. The van der Waals surface area contributed by atoms with E-state index >= 15 is 0 Å². The van der Waals surface area contributed by atoms with Gasteiger partial charge in [0, 0.05) is 25.4 Å². The van der Waals surface area contributed by atoms with Crippen molar-refractivity contribution in [3.05, 3.63) is 60.9 Å². The lowest BCUT2D eigenvalue weighted by Crippen LogP contribution is -2.44. The first-order valence-corrected chi connectivity index (χ1v) is 16.2. The molecule has 0 aliphatic heterocycles. The first kappa shape index (κ1) is 27.1. The summed E-state index contributed by atoms with van der Waals surface area (Å²) in [6.45, 7) is 20.4. The van der Waals surface area contributed by atoms with Crippen LogP contribution in [0.25, 0.3) is 0 Å². The van der Waals surface area contributed by atoms with Crippen LogP contribution in [0, 0.1) is 8.99 Å². The van der Waals surface area contributed by atoms with Crippen LogP contribution in [0.4, 0.5) is 0 Å². The molecule has 182 valence electrons. The van der Waals surface area contributed by atoms with E-state index in [2.05, 4.69) is 84.2 Å². The first-order chi connectivity index (χ1) is 15.0. The van der Waals surface area contributed by atoms with Gasteiger partial charge in [-0.2, -0.15) is 0 Å². The molecule has 3 rings (SSSR count). The molecule has 1 aromatic heterocycles. The number of fused-ring (bicyclic) bond motifs is 1. The van der Waals surface area contributed by atoms with E-state index in [4.69, 9.17) is 21.0 Å². The van der Waals surface area contributed by atoms with Gasteiger partial charge in [-0.25, -0.2) is 0 Å². The molecule has 0 bridgehead atoms. The normalized spacial score (nSPS) is 19.5. The number of aliphatic hydroxyl groups is 1. The molecule has 0 radical (unpaired) electrons. The van der Waals surface area contributed by atoms with E-state index in [0.717, 1.165) is 38.9 Å². The van der Waals surface area contributed by atoms with Crippen molar-refractivity contribution >= 4 is 42.5 Å². The summed E-state index contributed by atoms with van der Waals surface area (Å²) in [6.07, 6.45) is 1.11. The standard InChI is InChI=1S/C27H39ClINO2Si/c1-16(2)24-22(25(31)17-10-12-18(28)13-11-17)23(29)21-19(30-24)14-27(6,7)15-20(21)32-33(8,9)26(3,4)5/h10-13,16,20,25,31H,14-15H2,1-9H3/t20?,25-/m0/s1. The Morgan fingerprint density at radius 2 is 1.76 bits per heavy atom. The van der Waals surface area contributed by atoms with Crippen LogP contribution in [0.1, 0.15) is 101 Å². The molecule has 33 heavy (non-hydrogen) atoms. The average molecular weight is 600 g/mol. The summed E-state index contributed by atoms with van der Waals surface area (Å²) in [4.78, 5) is 5.22. The number of hydrogen-bond acceptors (Lipinski definition) is 3. The Hall–Kier alpha value is -0.473. The lowest BCUT2D eigenvalue weighted by molar-refractivity contribution is 0.104. The third kappa shape index (κ3) is 5.69. The number of aliphatic hydroxyl groups excluding tert-OH is 1. The van der Waals surface area contributed by atoms with Gasteiger partial charge in [0.05, 0.1) is 11.8 Å². The third-order valence-corrected chi connectivity index (χ3v) is 13.2. The van der Waals surface area contributed by atoms with Crippen molar-refractivity contribution < 1.29 is 9.53 Å². The topological polar surface area (TPSA) is 42.4 Å². The van der Waals surface area contributed by atoms with Gasteiger partial charge < -0.3 is 9.53 Å². The van der Waals surface area contributed by atoms with Crippen LogP contribution in [-0.2, 0) is 10.8 Å². The van der Waals surface area contributed by atoms with Crippen molar-refractivity contribution in [3.8, 4) is 0 Å². The van der Waals surface area contributed by atoms with Crippen LogP contribution >= 0.6 is 34.2 Å². The fraction of sp³-hybridized carbons (Fsp3) is 0.593. The lowest BCUT2D eigenvalue weighted by atomic mass is 9.74. The molecule has 0 spiro atoms. The number of benzene rings is 1. The summed E-state index contributed by atoms with van der Waals surface area (Å²) < 4.78 is 8.14. The number of aromatic nitrogens is 1. The van der Waals surface area contributed by atoms with Crippen LogP contribution < -0.4 is 0 Å². The quantitative estimate of drug-likeness (QED) is 0.276. The Morgan fingerprint density at radius 1 is 1.18 bits per heavy atom. The van der Waals surface area contributed by atoms with Gasteiger partial charge in [-0.3, -0.25) is 4.98 Å². The van der Waals surface area contributed by atoms with E-state index in [1.807, 2.05) is 24.3 Å². The van der Waals surface area contributed by atoms with Crippen LogP contribution in [-0.4, -0.2) is 18.4 Å². The van der Waals surface area contributed by atoms with Crippen LogP contribution in [0.5, 0.6) is 0 Å². The fourth-order valence-electron chi connectivity index (χ4n) is 4.39. The van der Waals surface area contributed by atoms with Gasteiger partial charge in [0.1, 0.15) is 6.10 Å². The van der Waals surface area contributed by atoms with Gasteiger partial charge in [-0.1, -0.05) is 72.2 Å². The maximum atomic E-state index is 11.5. The Bertz CT molecular complexity index is 1010. The zero-order valence-electron chi connectivity index (χ0n) is 21.5. The molecule has 0 amide bonds.